The number of carbonyl (C=O) groups is 2. The number of rotatable bonds is 3. The Bertz CT molecular complexity index is 1010. The van der Waals surface area contributed by atoms with Crippen molar-refractivity contribution in [1.29, 1.82) is 0 Å². The predicted octanol–water partition coefficient (Wildman–Crippen LogP) is 2.55. The third-order valence-electron chi connectivity index (χ3n) is 4.42. The molecule has 8 heteroatoms. The van der Waals surface area contributed by atoms with Gasteiger partial charge in [-0.25, -0.2) is 8.78 Å². The zero-order valence-electron chi connectivity index (χ0n) is 13.5. The number of hydrogen-bond acceptors (Lipinski definition) is 3. The van der Waals surface area contributed by atoms with Crippen LogP contribution in [0.15, 0.2) is 42.6 Å². The summed E-state index contributed by atoms with van der Waals surface area (Å²) >= 11 is 0. The van der Waals surface area contributed by atoms with Gasteiger partial charge >= 0.3 is 0 Å². The van der Waals surface area contributed by atoms with Crippen molar-refractivity contribution in [2.24, 2.45) is 5.92 Å². The van der Waals surface area contributed by atoms with Gasteiger partial charge in [0.2, 0.25) is 5.91 Å². The Morgan fingerprint density at radius 1 is 1.12 bits per heavy atom. The zero-order valence-corrected chi connectivity index (χ0v) is 13.5. The first-order valence-corrected chi connectivity index (χ1v) is 7.99. The topological polar surface area (TPSA) is 78.1 Å². The molecule has 1 saturated heterocycles. The molecule has 0 unspecified atom stereocenters. The van der Waals surface area contributed by atoms with Crippen LogP contribution in [0.4, 0.5) is 14.5 Å². The highest BCUT2D eigenvalue weighted by molar-refractivity contribution is 5.99. The van der Waals surface area contributed by atoms with E-state index in [2.05, 4.69) is 15.5 Å². The van der Waals surface area contributed by atoms with Crippen LogP contribution in [0.2, 0.25) is 0 Å². The van der Waals surface area contributed by atoms with E-state index in [0.29, 0.717) is 5.69 Å². The summed E-state index contributed by atoms with van der Waals surface area (Å²) in [4.78, 5) is 25.9. The summed E-state index contributed by atoms with van der Waals surface area (Å²) in [6.45, 7) is 0.464. The largest absolute Gasteiger partial charge is 0.337 e. The molecule has 26 heavy (non-hydrogen) atoms. The molecular weight excluding hydrogens is 342 g/mol. The monoisotopic (exact) mass is 356 g/mol. The fourth-order valence-corrected chi connectivity index (χ4v) is 2.88. The van der Waals surface area contributed by atoms with E-state index < -0.39 is 17.5 Å². The van der Waals surface area contributed by atoms with Crippen molar-refractivity contribution in [3.05, 3.63) is 59.8 Å². The first kappa shape index (κ1) is 16.2. The third-order valence-corrected chi connectivity index (χ3v) is 4.42. The molecule has 132 valence electrons. The number of hydrogen-bond donors (Lipinski definition) is 2. The maximum Gasteiger partial charge on any atom is 0.254 e. The van der Waals surface area contributed by atoms with Crippen LogP contribution in [-0.2, 0) is 4.79 Å². The molecule has 0 spiro atoms. The van der Waals surface area contributed by atoms with E-state index in [0.717, 1.165) is 23.0 Å². The molecule has 2 heterocycles. The number of aromatic amines is 1. The minimum Gasteiger partial charge on any atom is -0.337 e. The minimum atomic E-state index is -1.07. The lowest BCUT2D eigenvalue weighted by atomic mass is 9.97. The summed E-state index contributed by atoms with van der Waals surface area (Å²) in [6, 6.07) is 8.41. The molecule has 1 aliphatic heterocycles. The third kappa shape index (κ3) is 2.90. The number of nitrogens with zero attached hydrogens (tertiary/aromatic N) is 2. The second-order valence-electron chi connectivity index (χ2n) is 6.20. The Morgan fingerprint density at radius 2 is 1.92 bits per heavy atom. The first-order valence-electron chi connectivity index (χ1n) is 7.99. The number of benzene rings is 2. The van der Waals surface area contributed by atoms with Crippen LogP contribution in [0.1, 0.15) is 10.4 Å². The number of H-pyrrole nitrogens is 1. The van der Waals surface area contributed by atoms with Crippen molar-refractivity contribution in [2.45, 2.75) is 0 Å². The SMILES string of the molecule is O=C(Nc1ccc2cn[nH]c2c1)C1CN(C(=O)c2ccc(F)c(F)c2)C1. The molecule has 6 nitrogen and oxygen atoms in total. The quantitative estimate of drug-likeness (QED) is 0.757. The van der Waals surface area contributed by atoms with Crippen LogP contribution < -0.4 is 5.32 Å². The van der Waals surface area contributed by atoms with Crippen LogP contribution in [0.3, 0.4) is 0 Å². The molecule has 2 N–H and O–H groups in total. The lowest BCUT2D eigenvalue weighted by Crippen LogP contribution is -2.54. The molecule has 0 radical (unpaired) electrons. The van der Waals surface area contributed by atoms with E-state index in [1.54, 1.807) is 18.3 Å². The molecule has 0 atom stereocenters. The summed E-state index contributed by atoms with van der Waals surface area (Å²) in [6.07, 6.45) is 1.69. The first-order chi connectivity index (χ1) is 12.5. The van der Waals surface area contributed by atoms with E-state index >= 15 is 0 Å². The van der Waals surface area contributed by atoms with E-state index in [-0.39, 0.29) is 30.5 Å². The van der Waals surface area contributed by atoms with E-state index in [1.807, 2.05) is 6.07 Å². The summed E-state index contributed by atoms with van der Waals surface area (Å²) < 4.78 is 26.2. The van der Waals surface area contributed by atoms with Crippen molar-refractivity contribution in [2.75, 3.05) is 18.4 Å². The Morgan fingerprint density at radius 3 is 2.69 bits per heavy atom. The highest BCUT2D eigenvalue weighted by Crippen LogP contribution is 2.23. The normalized spacial score (nSPS) is 14.3. The van der Waals surface area contributed by atoms with Gasteiger partial charge in [-0.15, -0.1) is 0 Å². The van der Waals surface area contributed by atoms with Gasteiger partial charge in [-0.1, -0.05) is 0 Å². The average Bonchev–Trinajstić information content (AvgIpc) is 3.03. The number of likely N-dealkylation sites (tertiary alicyclic amines) is 1. The lowest BCUT2D eigenvalue weighted by molar-refractivity contribution is -0.123. The van der Waals surface area contributed by atoms with Crippen LogP contribution in [0.5, 0.6) is 0 Å². The van der Waals surface area contributed by atoms with Crippen molar-refractivity contribution >= 4 is 28.4 Å². The second kappa shape index (κ2) is 6.21. The number of halogens is 2. The van der Waals surface area contributed by atoms with Gasteiger partial charge < -0.3 is 10.2 Å². The number of anilines is 1. The van der Waals surface area contributed by atoms with Gasteiger partial charge in [-0.3, -0.25) is 14.7 Å². The Hall–Kier alpha value is -3.29. The van der Waals surface area contributed by atoms with Crippen LogP contribution >= 0.6 is 0 Å². The number of carbonyl (C=O) groups excluding carboxylic acids is 2. The maximum absolute atomic E-state index is 13.2. The van der Waals surface area contributed by atoms with Crippen molar-refractivity contribution in [1.82, 2.24) is 15.1 Å². The van der Waals surface area contributed by atoms with E-state index in [1.165, 1.54) is 11.0 Å². The highest BCUT2D eigenvalue weighted by Gasteiger charge is 2.36. The molecule has 4 rings (SSSR count). The van der Waals surface area contributed by atoms with Crippen molar-refractivity contribution < 1.29 is 18.4 Å². The standard InChI is InChI=1S/C18H14F2N4O2/c19-14-4-2-10(5-15(14)20)18(26)24-8-12(9-24)17(25)22-13-3-1-11-7-21-23-16(11)6-13/h1-7,12H,8-9H2,(H,21,23)(H,22,25). The van der Waals surface area contributed by atoms with Crippen LogP contribution in [0, 0.1) is 17.6 Å². The Kier molecular flexibility index (Phi) is 3.87. The van der Waals surface area contributed by atoms with Gasteiger partial charge in [0.25, 0.3) is 5.91 Å². The summed E-state index contributed by atoms with van der Waals surface area (Å²) in [5.74, 6) is -3.04. The smallest absolute Gasteiger partial charge is 0.254 e. The molecule has 1 aliphatic rings. The summed E-state index contributed by atoms with van der Waals surface area (Å²) in [5, 5.41) is 10.5. The lowest BCUT2D eigenvalue weighted by Gasteiger charge is -2.38. The van der Waals surface area contributed by atoms with Gasteiger partial charge in [-0.2, -0.15) is 5.10 Å². The summed E-state index contributed by atoms with van der Waals surface area (Å²) in [7, 11) is 0. The minimum absolute atomic E-state index is 0.0625. The number of aromatic nitrogens is 2. The molecule has 1 aromatic heterocycles. The molecule has 2 amide bonds. The molecule has 1 fully saturated rings. The predicted molar refractivity (Wildman–Crippen MR) is 90.5 cm³/mol. The summed E-state index contributed by atoms with van der Waals surface area (Å²) in [5.41, 5.74) is 1.51. The molecule has 0 bridgehead atoms. The average molecular weight is 356 g/mol. The van der Waals surface area contributed by atoms with E-state index in [9.17, 15) is 18.4 Å². The Labute approximate surface area is 146 Å². The van der Waals surface area contributed by atoms with Gasteiger partial charge in [0.15, 0.2) is 11.6 Å². The van der Waals surface area contributed by atoms with Gasteiger partial charge in [-0.05, 0) is 36.4 Å². The Balaban J connectivity index is 1.36. The molecule has 3 aromatic rings. The van der Waals surface area contributed by atoms with Gasteiger partial charge in [0.05, 0.1) is 17.6 Å². The highest BCUT2D eigenvalue weighted by atomic mass is 19.2. The van der Waals surface area contributed by atoms with Crippen LogP contribution in [-0.4, -0.2) is 40.0 Å². The van der Waals surface area contributed by atoms with Crippen LogP contribution in [0.25, 0.3) is 10.9 Å². The zero-order chi connectivity index (χ0) is 18.3. The fraction of sp³-hybridized carbons (Fsp3) is 0.167. The van der Waals surface area contributed by atoms with Gasteiger partial charge in [0, 0.05) is 29.7 Å². The molecule has 0 aliphatic carbocycles. The van der Waals surface area contributed by atoms with Crippen molar-refractivity contribution in [3.63, 3.8) is 0 Å². The number of fused-ring (bicyclic) bond motifs is 1. The van der Waals surface area contributed by atoms with E-state index in [4.69, 9.17) is 0 Å². The molecular formula is C18H14F2N4O2. The van der Waals surface area contributed by atoms with Crippen molar-refractivity contribution in [3.8, 4) is 0 Å². The second-order valence-corrected chi connectivity index (χ2v) is 6.20. The molecule has 2 aromatic carbocycles. The van der Waals surface area contributed by atoms with Gasteiger partial charge in [0.1, 0.15) is 0 Å². The fourth-order valence-electron chi connectivity index (χ4n) is 2.88. The number of nitrogens with one attached hydrogen (secondary N) is 2. The number of amides is 2. The maximum atomic E-state index is 13.2. The molecule has 0 saturated carbocycles.